The van der Waals surface area contributed by atoms with Crippen LogP contribution in [0.3, 0.4) is 0 Å². The van der Waals surface area contributed by atoms with Crippen molar-refractivity contribution >= 4 is 40.5 Å². The van der Waals surface area contributed by atoms with E-state index < -0.39 is 18.9 Å². The van der Waals surface area contributed by atoms with E-state index in [9.17, 15) is 0 Å². The first-order valence-corrected chi connectivity index (χ1v) is 20.5. The maximum Gasteiger partial charge on any atom is -0.147 e. The molecule has 0 radical (unpaired) electrons. The second kappa shape index (κ2) is 7.69. The van der Waals surface area contributed by atoms with Crippen LogP contribution in [0.5, 0.6) is 0 Å². The van der Waals surface area contributed by atoms with Gasteiger partial charge in [0.2, 0.25) is 0 Å². The van der Waals surface area contributed by atoms with Gasteiger partial charge in [-0.25, -0.2) is 0 Å². The maximum absolute atomic E-state index is 2.58. The van der Waals surface area contributed by atoms with Gasteiger partial charge >= 0.3 is 146 Å². The van der Waals surface area contributed by atoms with Crippen LogP contribution in [0.15, 0.2) is 48.6 Å². The van der Waals surface area contributed by atoms with Crippen molar-refractivity contribution in [2.45, 2.75) is 29.0 Å². The number of benzene rings is 2. The predicted molar refractivity (Wildman–Crippen MR) is 116 cm³/mol. The molecule has 0 aromatic heterocycles. The van der Waals surface area contributed by atoms with Gasteiger partial charge in [-0.2, -0.15) is 0 Å². The molecule has 4 rings (SSSR count). The van der Waals surface area contributed by atoms with Crippen molar-refractivity contribution in [3.05, 3.63) is 70.8 Å². The molecular weight excluding hydrogens is 442 g/mol. The smallest absolute Gasteiger partial charge is 0.147 e. The Morgan fingerprint density at radius 2 is 1.76 bits per heavy atom. The van der Waals surface area contributed by atoms with Crippen molar-refractivity contribution < 1.29 is 18.9 Å². The summed E-state index contributed by atoms with van der Waals surface area (Å²) in [6.45, 7) is 4.65. The first-order valence-electron chi connectivity index (χ1n) is 8.43. The molecule has 131 valence electrons. The molecule has 0 fully saturated rings. The number of allylic oxidation sites excluding steroid dienone is 4. The Morgan fingerprint density at radius 1 is 1.04 bits per heavy atom. The first-order chi connectivity index (χ1) is 11.0. The Bertz CT molecular complexity index is 935. The van der Waals surface area contributed by atoms with Crippen LogP contribution in [0.1, 0.15) is 28.7 Å². The molecule has 2 aromatic carbocycles. The van der Waals surface area contributed by atoms with E-state index in [4.69, 9.17) is 0 Å². The van der Waals surface area contributed by atoms with E-state index in [-0.39, 0.29) is 24.8 Å². The van der Waals surface area contributed by atoms with Gasteiger partial charge in [0.05, 0.1) is 0 Å². The Hall–Kier alpha value is -0.400. The zero-order chi connectivity index (χ0) is 16.2. The largest absolute Gasteiger partial charge is 0.147 e. The SMILES string of the molecule is Cc1cc2c([c]([Zr]([CH3])([CH3])=[SiH2])c1C1=CC=CC1)Cc1ccccc1-2.Cl.Cl. The first kappa shape index (κ1) is 20.9. The molecule has 0 nitrogen and oxygen atoms in total. The Morgan fingerprint density at radius 3 is 2.40 bits per heavy atom. The van der Waals surface area contributed by atoms with Crippen molar-refractivity contribution in [1.82, 2.24) is 0 Å². The molecule has 0 amide bonds. The number of hydrogen-bond acceptors (Lipinski definition) is 0. The summed E-state index contributed by atoms with van der Waals surface area (Å²) in [5, 5.41) is 0. The van der Waals surface area contributed by atoms with E-state index in [2.05, 4.69) is 71.6 Å². The van der Waals surface area contributed by atoms with E-state index in [1.165, 1.54) is 27.8 Å². The summed E-state index contributed by atoms with van der Waals surface area (Å²) in [6, 6.07) is 11.4. The molecule has 0 bridgehead atoms. The van der Waals surface area contributed by atoms with E-state index in [0.717, 1.165) is 12.8 Å². The van der Waals surface area contributed by atoms with Crippen LogP contribution in [-0.4, -0.2) is 6.88 Å². The van der Waals surface area contributed by atoms with Gasteiger partial charge in [-0.1, -0.05) is 0 Å². The summed E-state index contributed by atoms with van der Waals surface area (Å²) in [6.07, 6.45) is 9.08. The summed E-state index contributed by atoms with van der Waals surface area (Å²) in [5.74, 6) is 0. The van der Waals surface area contributed by atoms with Crippen LogP contribution in [0.4, 0.5) is 0 Å². The molecule has 2 aromatic rings. The summed E-state index contributed by atoms with van der Waals surface area (Å²) >= 11 is -2.23. The number of hydrogen-bond donors (Lipinski definition) is 0. The molecule has 0 saturated heterocycles. The number of rotatable bonds is 2. The predicted octanol–water partition coefficient (Wildman–Crippen LogP) is 5.18. The van der Waals surface area contributed by atoms with E-state index in [1.54, 1.807) is 14.4 Å². The molecule has 0 unspecified atom stereocenters. The summed E-state index contributed by atoms with van der Waals surface area (Å²) in [7, 11) is 0. The molecule has 0 heterocycles. The Labute approximate surface area is 169 Å². The third-order valence-electron chi connectivity index (χ3n) is 5.08. The maximum atomic E-state index is 2.58. The van der Waals surface area contributed by atoms with Gasteiger partial charge in [0.15, 0.2) is 0 Å². The fraction of sp³-hybridized carbons (Fsp3) is 0.238. The van der Waals surface area contributed by atoms with Gasteiger partial charge in [-0.15, -0.1) is 24.8 Å². The van der Waals surface area contributed by atoms with Crippen LogP contribution in [0.2, 0.25) is 9.26 Å². The minimum absolute atomic E-state index is 0. The van der Waals surface area contributed by atoms with E-state index in [1.807, 2.05) is 0 Å². The van der Waals surface area contributed by atoms with Crippen LogP contribution in [0.25, 0.3) is 16.7 Å². The standard InChI is InChI=1S/C19H15.2CH3.2ClH.H2Si.Zr/c1-13-10-19-16(11-15-8-4-5-9-17(15)19)12-18(13)14-6-2-3-7-14;;;;;;/h2-6,8-10H,7,11H2,1H3;2*1H3;2*1H;1H2;. The quantitative estimate of drug-likeness (QED) is 0.456. The van der Waals surface area contributed by atoms with E-state index in [0.29, 0.717) is 0 Å². The third kappa shape index (κ3) is 3.56. The molecule has 0 saturated carbocycles. The molecule has 0 aliphatic heterocycles. The van der Waals surface area contributed by atoms with Crippen molar-refractivity contribution in [2.24, 2.45) is 0 Å². The summed E-state index contributed by atoms with van der Waals surface area (Å²) < 4.78 is 6.94. The van der Waals surface area contributed by atoms with Gasteiger partial charge < -0.3 is 0 Å². The van der Waals surface area contributed by atoms with Gasteiger partial charge in [-0.05, 0) is 0 Å². The molecule has 0 atom stereocenters. The average Bonchev–Trinajstić information content (AvgIpc) is 3.12. The van der Waals surface area contributed by atoms with Gasteiger partial charge in [0.1, 0.15) is 0 Å². The number of fused-ring (bicyclic) bond motifs is 3. The zero-order valence-corrected chi connectivity index (χ0v) is 20.6. The monoisotopic (exact) mass is 465 g/mol. The molecule has 0 spiro atoms. The van der Waals surface area contributed by atoms with Crippen LogP contribution in [-0.2, 0) is 25.3 Å². The topological polar surface area (TPSA) is 0 Å². The fourth-order valence-electron chi connectivity index (χ4n) is 4.20. The van der Waals surface area contributed by atoms with Gasteiger partial charge in [0.25, 0.3) is 0 Å². The molecule has 25 heavy (non-hydrogen) atoms. The number of aryl methyl sites for hydroxylation is 1. The molecular formula is C21H25Cl2SiZr. The van der Waals surface area contributed by atoms with Crippen LogP contribution in [0, 0.1) is 6.92 Å². The van der Waals surface area contributed by atoms with Crippen molar-refractivity contribution in [3.63, 3.8) is 0 Å². The molecule has 4 heteroatoms. The average molecular weight is 468 g/mol. The summed E-state index contributed by atoms with van der Waals surface area (Å²) in [4.78, 5) is 0. The fourth-order valence-corrected chi connectivity index (χ4v) is 11.6. The Kier molecular flexibility index (Phi) is 6.43. The minimum Gasteiger partial charge on any atom is -0.147 e. The Balaban J connectivity index is 0.00000113. The van der Waals surface area contributed by atoms with Crippen LogP contribution >= 0.6 is 24.8 Å². The van der Waals surface area contributed by atoms with Crippen molar-refractivity contribution in [1.29, 1.82) is 0 Å². The van der Waals surface area contributed by atoms with Crippen molar-refractivity contribution in [2.75, 3.05) is 0 Å². The molecule has 2 aliphatic rings. The van der Waals surface area contributed by atoms with E-state index >= 15 is 0 Å². The van der Waals surface area contributed by atoms with Gasteiger partial charge in [0, 0.05) is 0 Å². The molecule has 2 aliphatic carbocycles. The normalized spacial score (nSPS) is 14.3. The number of halogens is 2. The second-order valence-corrected chi connectivity index (χ2v) is 28.5. The van der Waals surface area contributed by atoms with Gasteiger partial charge in [-0.3, -0.25) is 0 Å². The minimum atomic E-state index is -2.23. The third-order valence-corrected chi connectivity index (χ3v) is 11.9. The van der Waals surface area contributed by atoms with Crippen molar-refractivity contribution in [3.8, 4) is 11.1 Å². The molecule has 0 N–H and O–H groups in total. The van der Waals surface area contributed by atoms with Crippen LogP contribution < -0.4 is 3.27 Å². The zero-order valence-electron chi connectivity index (χ0n) is 15.1. The summed E-state index contributed by atoms with van der Waals surface area (Å²) in [5.41, 5.74) is 10.7. The second-order valence-electron chi connectivity index (χ2n) is 7.51.